The number of hydrogen-bond donors (Lipinski definition) is 2. The van der Waals surface area contributed by atoms with Crippen molar-refractivity contribution in [1.82, 2.24) is 10.6 Å². The molecular weight excluding hydrogens is 244 g/mol. The van der Waals surface area contributed by atoms with Crippen LogP contribution in [0.4, 0.5) is 0 Å². The first-order valence-corrected chi connectivity index (χ1v) is 7.11. The number of carbonyl (C=O) groups excluding carboxylic acids is 2. The SMILES string of the molecule is CCC1CCNC(C(=O)NC(C(=O)OC)C(C)C)C1. The Hall–Kier alpha value is -1.10. The smallest absolute Gasteiger partial charge is 0.328 e. The number of piperidine rings is 1. The van der Waals surface area contributed by atoms with E-state index < -0.39 is 6.04 Å². The van der Waals surface area contributed by atoms with Crippen LogP contribution in [0.25, 0.3) is 0 Å². The first-order valence-electron chi connectivity index (χ1n) is 7.11. The summed E-state index contributed by atoms with van der Waals surface area (Å²) in [4.78, 5) is 23.8. The Morgan fingerprint density at radius 2 is 2.11 bits per heavy atom. The van der Waals surface area contributed by atoms with Crippen LogP contribution in [-0.2, 0) is 14.3 Å². The summed E-state index contributed by atoms with van der Waals surface area (Å²) in [5.41, 5.74) is 0. The van der Waals surface area contributed by atoms with Crippen molar-refractivity contribution in [2.45, 2.75) is 52.1 Å². The first-order chi connectivity index (χ1) is 8.99. The molecule has 0 aromatic heterocycles. The fraction of sp³-hybridized carbons (Fsp3) is 0.857. The van der Waals surface area contributed by atoms with Gasteiger partial charge in [0.25, 0.3) is 0 Å². The van der Waals surface area contributed by atoms with Crippen LogP contribution in [0.1, 0.15) is 40.0 Å². The summed E-state index contributed by atoms with van der Waals surface area (Å²) in [5, 5.41) is 6.03. The number of methoxy groups -OCH3 is 1. The monoisotopic (exact) mass is 270 g/mol. The Labute approximate surface area is 115 Å². The predicted molar refractivity (Wildman–Crippen MR) is 73.6 cm³/mol. The van der Waals surface area contributed by atoms with Crippen LogP contribution >= 0.6 is 0 Å². The van der Waals surface area contributed by atoms with Gasteiger partial charge in [-0.2, -0.15) is 0 Å². The highest BCUT2D eigenvalue weighted by Gasteiger charge is 2.30. The van der Waals surface area contributed by atoms with Gasteiger partial charge in [-0.3, -0.25) is 4.79 Å². The van der Waals surface area contributed by atoms with E-state index in [0.717, 1.165) is 25.8 Å². The number of rotatable bonds is 5. The molecule has 1 heterocycles. The molecule has 0 spiro atoms. The minimum Gasteiger partial charge on any atom is -0.467 e. The molecule has 5 heteroatoms. The van der Waals surface area contributed by atoms with Gasteiger partial charge in [0, 0.05) is 0 Å². The van der Waals surface area contributed by atoms with Gasteiger partial charge in [-0.25, -0.2) is 4.79 Å². The molecular formula is C14H26N2O3. The maximum atomic E-state index is 12.2. The first kappa shape index (κ1) is 16.0. The Kier molecular flexibility index (Phi) is 6.28. The quantitative estimate of drug-likeness (QED) is 0.734. The van der Waals surface area contributed by atoms with Crippen molar-refractivity contribution in [3.63, 3.8) is 0 Å². The van der Waals surface area contributed by atoms with E-state index in [2.05, 4.69) is 17.6 Å². The van der Waals surface area contributed by atoms with Crippen LogP contribution in [0.3, 0.4) is 0 Å². The van der Waals surface area contributed by atoms with Gasteiger partial charge >= 0.3 is 5.97 Å². The molecule has 0 aromatic rings. The maximum absolute atomic E-state index is 12.2. The van der Waals surface area contributed by atoms with Crippen molar-refractivity contribution in [3.8, 4) is 0 Å². The topological polar surface area (TPSA) is 67.4 Å². The van der Waals surface area contributed by atoms with Gasteiger partial charge in [0.1, 0.15) is 6.04 Å². The lowest BCUT2D eigenvalue weighted by Gasteiger charge is -2.30. The van der Waals surface area contributed by atoms with Gasteiger partial charge in [0.05, 0.1) is 13.2 Å². The zero-order valence-corrected chi connectivity index (χ0v) is 12.4. The average Bonchev–Trinajstić information content (AvgIpc) is 2.43. The second-order valence-electron chi connectivity index (χ2n) is 5.56. The lowest BCUT2D eigenvalue weighted by atomic mass is 9.90. The van der Waals surface area contributed by atoms with Crippen LogP contribution in [-0.4, -0.2) is 37.6 Å². The third kappa shape index (κ3) is 4.49. The van der Waals surface area contributed by atoms with Gasteiger partial charge in [0.15, 0.2) is 0 Å². The van der Waals surface area contributed by atoms with Crippen molar-refractivity contribution in [2.24, 2.45) is 11.8 Å². The van der Waals surface area contributed by atoms with E-state index in [1.165, 1.54) is 7.11 Å². The minimum absolute atomic E-state index is 0.0157. The van der Waals surface area contributed by atoms with Crippen LogP contribution in [0.15, 0.2) is 0 Å². The molecule has 0 aliphatic carbocycles. The lowest BCUT2D eigenvalue weighted by molar-refractivity contribution is -0.146. The molecule has 3 unspecified atom stereocenters. The molecule has 1 rings (SSSR count). The summed E-state index contributed by atoms with van der Waals surface area (Å²) in [6.07, 6.45) is 3.05. The molecule has 1 fully saturated rings. The molecule has 110 valence electrons. The molecule has 1 amide bonds. The Morgan fingerprint density at radius 1 is 1.42 bits per heavy atom. The molecule has 0 aromatic carbocycles. The Morgan fingerprint density at radius 3 is 2.63 bits per heavy atom. The molecule has 1 aliphatic rings. The zero-order chi connectivity index (χ0) is 14.4. The molecule has 0 saturated carbocycles. The van der Waals surface area contributed by atoms with E-state index in [1.807, 2.05) is 13.8 Å². The van der Waals surface area contributed by atoms with Crippen molar-refractivity contribution in [3.05, 3.63) is 0 Å². The number of nitrogens with one attached hydrogen (secondary N) is 2. The normalized spacial score (nSPS) is 24.9. The van der Waals surface area contributed by atoms with Crippen LogP contribution in [0.2, 0.25) is 0 Å². The fourth-order valence-electron chi connectivity index (χ4n) is 2.45. The summed E-state index contributed by atoms with van der Waals surface area (Å²) < 4.78 is 4.73. The summed E-state index contributed by atoms with van der Waals surface area (Å²) in [7, 11) is 1.34. The summed E-state index contributed by atoms with van der Waals surface area (Å²) in [5.74, 6) is 0.128. The van der Waals surface area contributed by atoms with Gasteiger partial charge < -0.3 is 15.4 Å². The fourth-order valence-corrected chi connectivity index (χ4v) is 2.45. The molecule has 19 heavy (non-hydrogen) atoms. The van der Waals surface area contributed by atoms with Gasteiger partial charge in [0.2, 0.25) is 5.91 Å². The number of esters is 1. The average molecular weight is 270 g/mol. The second kappa shape index (κ2) is 7.48. The highest BCUT2D eigenvalue weighted by Crippen LogP contribution is 2.19. The molecule has 5 nitrogen and oxygen atoms in total. The number of carbonyl (C=O) groups is 2. The largest absolute Gasteiger partial charge is 0.467 e. The van der Waals surface area contributed by atoms with Crippen LogP contribution in [0, 0.1) is 11.8 Å². The predicted octanol–water partition coefficient (Wildman–Crippen LogP) is 1.08. The van der Waals surface area contributed by atoms with E-state index in [4.69, 9.17) is 4.74 Å². The highest BCUT2D eigenvalue weighted by molar-refractivity contribution is 5.87. The van der Waals surface area contributed by atoms with E-state index in [0.29, 0.717) is 5.92 Å². The molecule has 0 radical (unpaired) electrons. The maximum Gasteiger partial charge on any atom is 0.328 e. The zero-order valence-electron chi connectivity index (χ0n) is 12.4. The van der Waals surface area contributed by atoms with Crippen molar-refractivity contribution < 1.29 is 14.3 Å². The van der Waals surface area contributed by atoms with E-state index in [9.17, 15) is 9.59 Å². The lowest BCUT2D eigenvalue weighted by Crippen LogP contribution is -2.54. The minimum atomic E-state index is -0.568. The molecule has 3 atom stereocenters. The standard InChI is InChI=1S/C14H26N2O3/c1-5-10-6-7-15-11(8-10)13(17)16-12(9(2)3)14(18)19-4/h9-12,15H,5-8H2,1-4H3,(H,16,17). The highest BCUT2D eigenvalue weighted by atomic mass is 16.5. The van der Waals surface area contributed by atoms with Crippen LogP contribution in [0.5, 0.6) is 0 Å². The molecule has 1 aliphatic heterocycles. The molecule has 2 N–H and O–H groups in total. The number of ether oxygens (including phenoxy) is 1. The third-order valence-corrected chi connectivity index (χ3v) is 3.83. The molecule has 1 saturated heterocycles. The van der Waals surface area contributed by atoms with Crippen molar-refractivity contribution in [1.29, 1.82) is 0 Å². The Balaban J connectivity index is 2.59. The van der Waals surface area contributed by atoms with E-state index in [1.54, 1.807) is 0 Å². The van der Waals surface area contributed by atoms with Crippen LogP contribution < -0.4 is 10.6 Å². The number of hydrogen-bond acceptors (Lipinski definition) is 4. The molecule has 0 bridgehead atoms. The summed E-state index contributed by atoms with van der Waals surface area (Å²) in [6.45, 7) is 6.80. The number of amides is 1. The van der Waals surface area contributed by atoms with Gasteiger partial charge in [-0.05, 0) is 31.2 Å². The second-order valence-corrected chi connectivity index (χ2v) is 5.56. The summed E-state index contributed by atoms with van der Waals surface area (Å²) in [6, 6.07) is -0.758. The van der Waals surface area contributed by atoms with E-state index >= 15 is 0 Å². The Bertz CT molecular complexity index is 318. The van der Waals surface area contributed by atoms with E-state index in [-0.39, 0.29) is 23.8 Å². The van der Waals surface area contributed by atoms with Gasteiger partial charge in [-0.1, -0.05) is 27.2 Å². The summed E-state index contributed by atoms with van der Waals surface area (Å²) >= 11 is 0. The van der Waals surface area contributed by atoms with Crippen molar-refractivity contribution >= 4 is 11.9 Å². The van der Waals surface area contributed by atoms with Crippen molar-refractivity contribution in [2.75, 3.05) is 13.7 Å². The van der Waals surface area contributed by atoms with Gasteiger partial charge in [-0.15, -0.1) is 0 Å². The third-order valence-electron chi connectivity index (χ3n) is 3.83.